The normalized spacial score (nSPS) is 15.0. The summed E-state index contributed by atoms with van der Waals surface area (Å²) in [5.74, 6) is 1.44. The Labute approximate surface area is 128 Å². The number of aryl methyl sites for hydroxylation is 2. The van der Waals surface area contributed by atoms with Gasteiger partial charge < -0.3 is 14.3 Å². The van der Waals surface area contributed by atoms with Crippen LogP contribution in [0.5, 0.6) is 0 Å². The number of nitrogens with zero attached hydrogens (tertiary/aromatic N) is 5. The van der Waals surface area contributed by atoms with Gasteiger partial charge in [0.2, 0.25) is 0 Å². The van der Waals surface area contributed by atoms with Gasteiger partial charge in [0.15, 0.2) is 5.82 Å². The molecular weight excluding hydrogens is 284 g/mol. The Bertz CT molecular complexity index is 663. The third-order valence-electron chi connectivity index (χ3n) is 3.53. The molecule has 3 rings (SSSR count). The summed E-state index contributed by atoms with van der Waals surface area (Å²) in [5.41, 5.74) is 1.18. The van der Waals surface area contributed by atoms with E-state index in [1.165, 1.54) is 5.56 Å². The van der Waals surface area contributed by atoms with Crippen molar-refractivity contribution < 1.29 is 9.32 Å². The smallest absolute Gasteiger partial charge is 0.329 e. The van der Waals surface area contributed by atoms with E-state index in [0.717, 1.165) is 18.9 Å². The molecule has 8 heteroatoms. The fraction of sp³-hybridized carbons (Fsp3) is 0.429. The highest BCUT2D eigenvalue weighted by Crippen LogP contribution is 2.15. The number of carbonyl (C=O) groups excluding carboxylic acids is 1. The lowest BCUT2D eigenvalue weighted by molar-refractivity contribution is 0.207. The third-order valence-corrected chi connectivity index (χ3v) is 3.53. The summed E-state index contributed by atoms with van der Waals surface area (Å²) in [6.45, 7) is 6.47. The van der Waals surface area contributed by atoms with Gasteiger partial charge in [-0.15, -0.1) is 0 Å². The molecule has 1 N–H and O–H groups in total. The minimum Gasteiger partial charge on any atom is -0.353 e. The highest BCUT2D eigenvalue weighted by atomic mass is 16.5. The summed E-state index contributed by atoms with van der Waals surface area (Å²) in [6.07, 6.45) is 1.81. The van der Waals surface area contributed by atoms with Gasteiger partial charge in [0.05, 0.1) is 0 Å². The lowest BCUT2D eigenvalue weighted by Crippen LogP contribution is -2.50. The molecule has 0 bridgehead atoms. The Kier molecular flexibility index (Phi) is 3.90. The fourth-order valence-electron chi connectivity index (χ4n) is 2.35. The zero-order valence-electron chi connectivity index (χ0n) is 12.6. The van der Waals surface area contributed by atoms with E-state index < -0.39 is 0 Å². The Balaban J connectivity index is 1.56. The highest BCUT2D eigenvalue weighted by Gasteiger charge is 2.23. The topological polar surface area (TPSA) is 87.4 Å². The van der Waals surface area contributed by atoms with E-state index in [1.54, 1.807) is 11.8 Å². The van der Waals surface area contributed by atoms with Gasteiger partial charge in [-0.2, -0.15) is 4.98 Å². The Morgan fingerprint density at radius 3 is 2.68 bits per heavy atom. The van der Waals surface area contributed by atoms with Crippen LogP contribution in [-0.2, 0) is 0 Å². The molecule has 2 amide bonds. The van der Waals surface area contributed by atoms with Gasteiger partial charge in [-0.25, -0.2) is 9.78 Å². The maximum absolute atomic E-state index is 12.1. The summed E-state index contributed by atoms with van der Waals surface area (Å²) in [4.78, 5) is 24.4. The molecule has 1 saturated heterocycles. The van der Waals surface area contributed by atoms with E-state index in [4.69, 9.17) is 4.52 Å². The number of hydrogen-bond donors (Lipinski definition) is 1. The SMILES string of the molecule is Cc1ccnc(N2CCN(C(=O)Nc3nc(C)no3)CC2)c1. The molecule has 0 atom stereocenters. The van der Waals surface area contributed by atoms with Crippen molar-refractivity contribution in [1.29, 1.82) is 0 Å². The average Bonchev–Trinajstić information content (AvgIpc) is 2.92. The predicted molar refractivity (Wildman–Crippen MR) is 80.8 cm³/mol. The van der Waals surface area contributed by atoms with Crippen molar-refractivity contribution in [3.63, 3.8) is 0 Å². The zero-order valence-corrected chi connectivity index (χ0v) is 12.6. The van der Waals surface area contributed by atoms with E-state index in [-0.39, 0.29) is 12.0 Å². The van der Waals surface area contributed by atoms with Crippen molar-refractivity contribution in [3.8, 4) is 0 Å². The number of carbonyl (C=O) groups is 1. The molecule has 1 aliphatic rings. The number of nitrogens with one attached hydrogen (secondary N) is 1. The minimum absolute atomic E-state index is 0.130. The Morgan fingerprint density at radius 1 is 1.27 bits per heavy atom. The van der Waals surface area contributed by atoms with Crippen molar-refractivity contribution in [1.82, 2.24) is 20.0 Å². The van der Waals surface area contributed by atoms with Gasteiger partial charge in [-0.05, 0) is 31.5 Å². The number of aromatic nitrogens is 3. The van der Waals surface area contributed by atoms with E-state index >= 15 is 0 Å². The molecule has 2 aromatic rings. The van der Waals surface area contributed by atoms with Gasteiger partial charge in [0, 0.05) is 32.4 Å². The van der Waals surface area contributed by atoms with Gasteiger partial charge >= 0.3 is 12.0 Å². The van der Waals surface area contributed by atoms with Gasteiger partial charge in [0.1, 0.15) is 5.82 Å². The molecule has 0 aliphatic carbocycles. The third kappa shape index (κ3) is 3.16. The maximum Gasteiger partial charge on any atom is 0.329 e. The summed E-state index contributed by atoms with van der Waals surface area (Å²) < 4.78 is 4.89. The number of piperazine rings is 1. The quantitative estimate of drug-likeness (QED) is 0.903. The van der Waals surface area contributed by atoms with Crippen LogP contribution in [0.3, 0.4) is 0 Å². The number of pyridine rings is 1. The number of urea groups is 1. The van der Waals surface area contributed by atoms with Gasteiger partial charge in [0.25, 0.3) is 0 Å². The van der Waals surface area contributed by atoms with Crippen LogP contribution >= 0.6 is 0 Å². The van der Waals surface area contributed by atoms with Gasteiger partial charge in [-0.1, -0.05) is 5.16 Å². The van der Waals surface area contributed by atoms with Crippen LogP contribution in [0.4, 0.5) is 16.6 Å². The summed E-state index contributed by atoms with van der Waals surface area (Å²) in [7, 11) is 0. The molecular formula is C14H18N6O2. The molecule has 22 heavy (non-hydrogen) atoms. The average molecular weight is 302 g/mol. The van der Waals surface area contributed by atoms with Crippen LogP contribution in [0.25, 0.3) is 0 Å². The Morgan fingerprint density at radius 2 is 2.05 bits per heavy atom. The molecule has 8 nitrogen and oxygen atoms in total. The van der Waals surface area contributed by atoms with Crippen molar-refractivity contribution in [2.24, 2.45) is 0 Å². The first-order valence-electron chi connectivity index (χ1n) is 7.15. The predicted octanol–water partition coefficient (Wildman–Crippen LogP) is 1.44. The lowest BCUT2D eigenvalue weighted by Gasteiger charge is -2.35. The molecule has 0 unspecified atom stereocenters. The monoisotopic (exact) mass is 302 g/mol. The molecule has 116 valence electrons. The fourth-order valence-corrected chi connectivity index (χ4v) is 2.35. The van der Waals surface area contributed by atoms with E-state index in [1.807, 2.05) is 19.2 Å². The summed E-state index contributed by atoms with van der Waals surface area (Å²) in [6, 6.07) is 3.93. The minimum atomic E-state index is -0.222. The van der Waals surface area contributed by atoms with Crippen molar-refractivity contribution in [2.75, 3.05) is 36.4 Å². The molecule has 3 heterocycles. The van der Waals surface area contributed by atoms with E-state index in [2.05, 4.69) is 31.4 Å². The van der Waals surface area contributed by atoms with E-state index in [9.17, 15) is 4.79 Å². The second kappa shape index (κ2) is 6.00. The molecule has 2 aromatic heterocycles. The summed E-state index contributed by atoms with van der Waals surface area (Å²) >= 11 is 0. The maximum atomic E-state index is 12.1. The van der Waals surface area contributed by atoms with Crippen LogP contribution in [-0.4, -0.2) is 52.2 Å². The standard InChI is InChI=1S/C14H18N6O2/c1-10-3-4-15-12(9-10)19-5-7-20(8-6-19)14(21)17-13-16-11(2)18-22-13/h3-4,9H,5-8H2,1-2H3,(H,16,17,18,21). The van der Waals surface area contributed by atoms with Crippen LogP contribution in [0.2, 0.25) is 0 Å². The molecule has 1 fully saturated rings. The number of rotatable bonds is 2. The second-order valence-corrected chi connectivity index (χ2v) is 5.24. The van der Waals surface area contributed by atoms with Crippen molar-refractivity contribution in [2.45, 2.75) is 13.8 Å². The second-order valence-electron chi connectivity index (χ2n) is 5.24. The molecule has 0 saturated carbocycles. The first kappa shape index (κ1) is 14.3. The first-order chi connectivity index (χ1) is 10.6. The molecule has 0 spiro atoms. The lowest BCUT2D eigenvalue weighted by atomic mass is 10.2. The van der Waals surface area contributed by atoms with Crippen LogP contribution in [0, 0.1) is 13.8 Å². The Hall–Kier alpha value is -2.64. The molecule has 0 aromatic carbocycles. The highest BCUT2D eigenvalue weighted by molar-refractivity contribution is 5.87. The molecule has 1 aliphatic heterocycles. The van der Waals surface area contributed by atoms with Crippen LogP contribution in [0.1, 0.15) is 11.4 Å². The van der Waals surface area contributed by atoms with Crippen LogP contribution in [0.15, 0.2) is 22.9 Å². The van der Waals surface area contributed by atoms with Gasteiger partial charge in [-0.3, -0.25) is 5.32 Å². The van der Waals surface area contributed by atoms with Crippen LogP contribution < -0.4 is 10.2 Å². The number of anilines is 2. The van der Waals surface area contributed by atoms with Crippen molar-refractivity contribution in [3.05, 3.63) is 29.7 Å². The van der Waals surface area contributed by atoms with E-state index in [0.29, 0.717) is 18.9 Å². The zero-order chi connectivity index (χ0) is 15.5. The number of hydrogen-bond acceptors (Lipinski definition) is 6. The first-order valence-corrected chi connectivity index (χ1v) is 7.15. The number of amides is 2. The molecule has 0 radical (unpaired) electrons. The summed E-state index contributed by atoms with van der Waals surface area (Å²) in [5, 5.41) is 6.25. The largest absolute Gasteiger partial charge is 0.353 e. The van der Waals surface area contributed by atoms with Crippen molar-refractivity contribution >= 4 is 17.9 Å².